The van der Waals surface area contributed by atoms with Crippen molar-refractivity contribution in [3.8, 4) is 0 Å². The Morgan fingerprint density at radius 1 is 1.14 bits per heavy atom. The molecule has 82 valence electrons. The van der Waals surface area contributed by atoms with E-state index < -0.39 is 0 Å². The van der Waals surface area contributed by atoms with Crippen LogP contribution >= 0.6 is 0 Å². The van der Waals surface area contributed by atoms with E-state index in [2.05, 4.69) is 13.8 Å². The highest BCUT2D eigenvalue weighted by Gasteiger charge is 2.43. The lowest BCUT2D eigenvalue weighted by Gasteiger charge is -2.41. The fourth-order valence-electron chi connectivity index (χ4n) is 2.81. The van der Waals surface area contributed by atoms with Gasteiger partial charge in [-0.05, 0) is 43.9 Å². The molecule has 1 spiro atoms. The SMILES string of the molecule is CC1(C)CCC2(CC[C@H](CN)O2)CC1. The normalized spacial score (nSPS) is 34.9. The summed E-state index contributed by atoms with van der Waals surface area (Å²) in [5.74, 6) is 0. The van der Waals surface area contributed by atoms with Crippen molar-refractivity contribution in [2.45, 2.75) is 64.1 Å². The molecule has 2 N–H and O–H groups in total. The molecule has 1 heterocycles. The molecule has 0 bridgehead atoms. The molecule has 2 fully saturated rings. The van der Waals surface area contributed by atoms with E-state index in [0.29, 0.717) is 18.1 Å². The fourth-order valence-corrected chi connectivity index (χ4v) is 2.81. The first kappa shape index (κ1) is 10.4. The quantitative estimate of drug-likeness (QED) is 0.701. The van der Waals surface area contributed by atoms with Crippen LogP contribution in [0.25, 0.3) is 0 Å². The summed E-state index contributed by atoms with van der Waals surface area (Å²) in [6, 6.07) is 0. The molecule has 0 unspecified atom stereocenters. The molecule has 0 radical (unpaired) electrons. The molecular weight excluding hydrogens is 174 g/mol. The van der Waals surface area contributed by atoms with E-state index in [-0.39, 0.29) is 5.60 Å². The maximum absolute atomic E-state index is 6.11. The van der Waals surface area contributed by atoms with Gasteiger partial charge in [-0.2, -0.15) is 0 Å². The van der Waals surface area contributed by atoms with Gasteiger partial charge in [0.05, 0.1) is 11.7 Å². The summed E-state index contributed by atoms with van der Waals surface area (Å²) in [5, 5.41) is 0. The highest BCUT2D eigenvalue weighted by Crippen LogP contribution is 2.47. The van der Waals surface area contributed by atoms with Crippen LogP contribution in [0.4, 0.5) is 0 Å². The number of rotatable bonds is 1. The van der Waals surface area contributed by atoms with Gasteiger partial charge >= 0.3 is 0 Å². The summed E-state index contributed by atoms with van der Waals surface area (Å²) in [6.45, 7) is 5.44. The Hall–Kier alpha value is -0.0800. The summed E-state index contributed by atoms with van der Waals surface area (Å²) >= 11 is 0. The van der Waals surface area contributed by atoms with E-state index in [1.807, 2.05) is 0 Å². The van der Waals surface area contributed by atoms with Gasteiger partial charge in [-0.15, -0.1) is 0 Å². The average molecular weight is 197 g/mol. The molecule has 1 atom stereocenters. The van der Waals surface area contributed by atoms with E-state index in [1.54, 1.807) is 0 Å². The van der Waals surface area contributed by atoms with E-state index in [0.717, 1.165) is 0 Å². The van der Waals surface area contributed by atoms with Crippen LogP contribution < -0.4 is 5.73 Å². The van der Waals surface area contributed by atoms with Crippen LogP contribution in [0, 0.1) is 5.41 Å². The summed E-state index contributed by atoms with van der Waals surface area (Å²) < 4.78 is 6.11. The molecule has 14 heavy (non-hydrogen) atoms. The summed E-state index contributed by atoms with van der Waals surface area (Å²) in [6.07, 6.45) is 7.87. The van der Waals surface area contributed by atoms with Gasteiger partial charge in [-0.25, -0.2) is 0 Å². The van der Waals surface area contributed by atoms with Crippen LogP contribution in [0.15, 0.2) is 0 Å². The summed E-state index contributed by atoms with van der Waals surface area (Å²) in [5.41, 5.74) is 6.41. The third-order valence-electron chi connectivity index (χ3n) is 4.12. The molecule has 2 heteroatoms. The van der Waals surface area contributed by atoms with Crippen molar-refractivity contribution in [2.24, 2.45) is 11.1 Å². The third-order valence-corrected chi connectivity index (χ3v) is 4.12. The van der Waals surface area contributed by atoms with Crippen molar-refractivity contribution in [3.63, 3.8) is 0 Å². The van der Waals surface area contributed by atoms with Crippen molar-refractivity contribution in [3.05, 3.63) is 0 Å². The second-order valence-corrected chi connectivity index (χ2v) is 5.86. The number of nitrogens with two attached hydrogens (primary N) is 1. The van der Waals surface area contributed by atoms with Gasteiger partial charge in [0.25, 0.3) is 0 Å². The molecule has 2 nitrogen and oxygen atoms in total. The van der Waals surface area contributed by atoms with Crippen molar-refractivity contribution in [1.29, 1.82) is 0 Å². The van der Waals surface area contributed by atoms with Gasteiger partial charge < -0.3 is 10.5 Å². The van der Waals surface area contributed by atoms with Gasteiger partial charge in [0.15, 0.2) is 0 Å². The molecule has 0 aromatic rings. The maximum Gasteiger partial charge on any atom is 0.0705 e. The highest BCUT2D eigenvalue weighted by molar-refractivity contribution is 4.95. The van der Waals surface area contributed by atoms with Crippen molar-refractivity contribution in [2.75, 3.05) is 6.54 Å². The predicted octanol–water partition coefficient (Wildman–Crippen LogP) is 2.46. The Morgan fingerprint density at radius 2 is 1.79 bits per heavy atom. The molecule has 0 amide bonds. The van der Waals surface area contributed by atoms with E-state index in [9.17, 15) is 0 Å². The molecule has 1 aliphatic heterocycles. The Kier molecular flexibility index (Phi) is 2.61. The standard InChI is InChI=1S/C12H23NO/c1-11(2)5-7-12(8-6-11)4-3-10(9-13)14-12/h10H,3-9,13H2,1-2H3/t10-/m1/s1. The van der Waals surface area contributed by atoms with E-state index in [4.69, 9.17) is 10.5 Å². The minimum Gasteiger partial charge on any atom is -0.370 e. The van der Waals surface area contributed by atoms with Gasteiger partial charge in [-0.3, -0.25) is 0 Å². The lowest BCUT2D eigenvalue weighted by Crippen LogP contribution is -2.37. The van der Waals surface area contributed by atoms with E-state index >= 15 is 0 Å². The monoisotopic (exact) mass is 197 g/mol. The first-order chi connectivity index (χ1) is 6.55. The van der Waals surface area contributed by atoms with E-state index in [1.165, 1.54) is 38.5 Å². The lowest BCUT2D eigenvalue weighted by molar-refractivity contribution is -0.0775. The van der Waals surface area contributed by atoms with Crippen LogP contribution in [0.3, 0.4) is 0 Å². The fraction of sp³-hybridized carbons (Fsp3) is 1.00. The maximum atomic E-state index is 6.11. The highest BCUT2D eigenvalue weighted by atomic mass is 16.5. The zero-order valence-corrected chi connectivity index (χ0v) is 9.51. The molecule has 0 aromatic carbocycles. The molecule has 2 rings (SSSR count). The Balaban J connectivity index is 1.94. The predicted molar refractivity (Wildman–Crippen MR) is 58.1 cm³/mol. The summed E-state index contributed by atoms with van der Waals surface area (Å²) in [7, 11) is 0. The second kappa shape index (κ2) is 3.49. The molecule has 0 aromatic heterocycles. The lowest BCUT2D eigenvalue weighted by atomic mass is 9.70. The number of hydrogen-bond acceptors (Lipinski definition) is 2. The zero-order valence-electron chi connectivity index (χ0n) is 9.51. The number of hydrogen-bond donors (Lipinski definition) is 1. The average Bonchev–Trinajstić information content (AvgIpc) is 2.56. The van der Waals surface area contributed by atoms with Crippen LogP contribution in [-0.4, -0.2) is 18.2 Å². The largest absolute Gasteiger partial charge is 0.370 e. The minimum atomic E-state index is 0.222. The van der Waals surface area contributed by atoms with Gasteiger partial charge in [-0.1, -0.05) is 13.8 Å². The Bertz CT molecular complexity index is 202. The topological polar surface area (TPSA) is 35.2 Å². The van der Waals surface area contributed by atoms with Crippen LogP contribution in [0.5, 0.6) is 0 Å². The minimum absolute atomic E-state index is 0.222. The van der Waals surface area contributed by atoms with Crippen LogP contribution in [-0.2, 0) is 4.74 Å². The molecule has 1 aliphatic carbocycles. The first-order valence-electron chi connectivity index (χ1n) is 5.93. The molecular formula is C12H23NO. The summed E-state index contributed by atoms with van der Waals surface area (Å²) in [4.78, 5) is 0. The van der Waals surface area contributed by atoms with Crippen LogP contribution in [0.2, 0.25) is 0 Å². The Morgan fingerprint density at radius 3 is 2.29 bits per heavy atom. The van der Waals surface area contributed by atoms with Crippen molar-refractivity contribution < 1.29 is 4.74 Å². The molecule has 1 saturated carbocycles. The Labute approximate surface area is 87.2 Å². The van der Waals surface area contributed by atoms with Crippen molar-refractivity contribution in [1.82, 2.24) is 0 Å². The zero-order chi connectivity index (χ0) is 10.2. The van der Waals surface area contributed by atoms with Gasteiger partial charge in [0.2, 0.25) is 0 Å². The molecule has 2 aliphatic rings. The first-order valence-corrected chi connectivity index (χ1v) is 5.93. The second-order valence-electron chi connectivity index (χ2n) is 5.86. The van der Waals surface area contributed by atoms with Gasteiger partial charge in [0.1, 0.15) is 0 Å². The third kappa shape index (κ3) is 1.96. The number of ether oxygens (including phenoxy) is 1. The smallest absolute Gasteiger partial charge is 0.0705 e. The molecule has 1 saturated heterocycles. The van der Waals surface area contributed by atoms with Crippen LogP contribution in [0.1, 0.15) is 52.4 Å². The van der Waals surface area contributed by atoms with Gasteiger partial charge in [0, 0.05) is 6.54 Å². The van der Waals surface area contributed by atoms with Crippen molar-refractivity contribution >= 4 is 0 Å².